The summed E-state index contributed by atoms with van der Waals surface area (Å²) < 4.78 is 25.9. The summed E-state index contributed by atoms with van der Waals surface area (Å²) >= 11 is 24.3. The number of carbonyl (C=O) groups excluding carboxylic acids is 2. The summed E-state index contributed by atoms with van der Waals surface area (Å²) in [6, 6.07) is 8.40. The zero-order chi connectivity index (χ0) is 24.9. The van der Waals surface area contributed by atoms with Crippen LogP contribution < -0.4 is 9.62 Å². The molecule has 0 aliphatic rings. The fraction of sp³-hybridized carbons (Fsp3) is 0.333. The molecule has 7 nitrogen and oxygen atoms in total. The molecule has 0 aromatic heterocycles. The number of amides is 2. The van der Waals surface area contributed by atoms with Crippen LogP contribution in [0, 0.1) is 0 Å². The Kier molecular flexibility index (Phi) is 9.70. The van der Waals surface area contributed by atoms with Gasteiger partial charge in [0.2, 0.25) is 21.8 Å². The van der Waals surface area contributed by atoms with Crippen molar-refractivity contribution < 1.29 is 18.0 Å². The van der Waals surface area contributed by atoms with Gasteiger partial charge in [-0.1, -0.05) is 58.5 Å². The molecular formula is C21H23Cl4N3O4S. The highest BCUT2D eigenvalue weighted by atomic mass is 35.5. The number of halogens is 4. The summed E-state index contributed by atoms with van der Waals surface area (Å²) in [6.45, 7) is 3.07. The third-order valence-electron chi connectivity index (χ3n) is 4.73. The highest BCUT2D eigenvalue weighted by Gasteiger charge is 2.31. The second kappa shape index (κ2) is 11.6. The Bertz CT molecular complexity index is 1140. The van der Waals surface area contributed by atoms with Crippen LogP contribution in [0.25, 0.3) is 0 Å². The molecule has 2 aromatic carbocycles. The normalized spacial score (nSPS) is 12.2. The second-order valence-electron chi connectivity index (χ2n) is 7.18. The van der Waals surface area contributed by atoms with Gasteiger partial charge in [-0.3, -0.25) is 13.9 Å². The van der Waals surface area contributed by atoms with Crippen molar-refractivity contribution in [2.75, 3.05) is 23.7 Å². The van der Waals surface area contributed by atoms with E-state index in [0.717, 1.165) is 10.6 Å². The van der Waals surface area contributed by atoms with Crippen LogP contribution in [0.1, 0.15) is 19.4 Å². The number of rotatable bonds is 9. The van der Waals surface area contributed by atoms with Crippen molar-refractivity contribution in [2.45, 2.75) is 26.4 Å². The molecule has 0 saturated carbocycles. The van der Waals surface area contributed by atoms with Gasteiger partial charge >= 0.3 is 0 Å². The van der Waals surface area contributed by atoms with Crippen LogP contribution >= 0.6 is 46.4 Å². The molecule has 1 N–H and O–H groups in total. The van der Waals surface area contributed by atoms with Gasteiger partial charge in [-0.25, -0.2) is 8.42 Å². The summed E-state index contributed by atoms with van der Waals surface area (Å²) in [6.07, 6.45) is 0.952. The van der Waals surface area contributed by atoms with Gasteiger partial charge in [0, 0.05) is 13.1 Å². The average Bonchev–Trinajstić information content (AvgIpc) is 2.73. The van der Waals surface area contributed by atoms with Crippen LogP contribution in [-0.2, 0) is 26.2 Å². The maximum Gasteiger partial charge on any atom is 0.244 e. The molecule has 0 spiro atoms. The molecule has 0 radical (unpaired) electrons. The van der Waals surface area contributed by atoms with E-state index < -0.39 is 34.4 Å². The number of hydrogen-bond donors (Lipinski definition) is 1. The number of nitrogens with zero attached hydrogens (tertiary/aromatic N) is 2. The third-order valence-corrected chi connectivity index (χ3v) is 7.41. The SMILES string of the molecule is CCNC(=O)[C@H](C)N(Cc1ccc(Cl)c(Cl)c1)C(=O)CN(c1cccc(Cl)c1Cl)S(C)(=O)=O. The molecule has 1 atom stereocenters. The summed E-state index contributed by atoms with van der Waals surface area (Å²) in [5.74, 6) is -1.01. The molecular weight excluding hydrogens is 532 g/mol. The van der Waals surface area contributed by atoms with Crippen LogP contribution in [0.3, 0.4) is 0 Å². The summed E-state index contributed by atoms with van der Waals surface area (Å²) in [7, 11) is -3.92. The zero-order valence-corrected chi connectivity index (χ0v) is 22.0. The van der Waals surface area contributed by atoms with Crippen molar-refractivity contribution in [3.63, 3.8) is 0 Å². The lowest BCUT2D eigenvalue weighted by Crippen LogP contribution is -2.51. The largest absolute Gasteiger partial charge is 0.355 e. The van der Waals surface area contributed by atoms with E-state index in [2.05, 4.69) is 5.32 Å². The Hall–Kier alpha value is -1.71. The number of likely N-dealkylation sites (N-methyl/N-ethyl adjacent to an activating group) is 1. The van der Waals surface area contributed by atoms with E-state index in [-0.39, 0.29) is 27.3 Å². The van der Waals surface area contributed by atoms with Crippen LogP contribution in [-0.4, -0.2) is 50.5 Å². The first-order valence-electron chi connectivity index (χ1n) is 9.79. The number of carbonyl (C=O) groups is 2. The second-order valence-corrected chi connectivity index (χ2v) is 10.7. The molecule has 0 fully saturated rings. The Morgan fingerprint density at radius 1 is 1.03 bits per heavy atom. The Labute approximate surface area is 213 Å². The van der Waals surface area contributed by atoms with Crippen LogP contribution in [0.15, 0.2) is 36.4 Å². The number of sulfonamides is 1. The monoisotopic (exact) mass is 553 g/mol. The van der Waals surface area contributed by atoms with Gasteiger partial charge in [-0.05, 0) is 43.7 Å². The first-order chi connectivity index (χ1) is 15.4. The summed E-state index contributed by atoms with van der Waals surface area (Å²) in [5, 5.41) is 3.43. The average molecular weight is 555 g/mol. The lowest BCUT2D eigenvalue weighted by molar-refractivity contribution is -0.139. The van der Waals surface area contributed by atoms with E-state index in [0.29, 0.717) is 17.1 Å². The van der Waals surface area contributed by atoms with E-state index in [4.69, 9.17) is 46.4 Å². The van der Waals surface area contributed by atoms with Gasteiger partial charge in [0.25, 0.3) is 0 Å². The van der Waals surface area contributed by atoms with Crippen LogP contribution in [0.2, 0.25) is 20.1 Å². The third kappa shape index (κ3) is 7.13. The molecule has 0 saturated heterocycles. The van der Waals surface area contributed by atoms with E-state index >= 15 is 0 Å². The fourth-order valence-electron chi connectivity index (χ4n) is 3.02. The lowest BCUT2D eigenvalue weighted by Gasteiger charge is -2.31. The molecule has 0 heterocycles. The zero-order valence-electron chi connectivity index (χ0n) is 18.1. The Morgan fingerprint density at radius 3 is 2.27 bits per heavy atom. The molecule has 2 rings (SSSR count). The first kappa shape index (κ1) is 27.5. The molecule has 2 amide bonds. The van der Waals surface area contributed by atoms with Crippen molar-refractivity contribution in [3.8, 4) is 0 Å². The van der Waals surface area contributed by atoms with Gasteiger partial charge < -0.3 is 10.2 Å². The summed E-state index contributed by atoms with van der Waals surface area (Å²) in [4.78, 5) is 27.2. The minimum absolute atomic E-state index is 0.00506. The standard InChI is InChI=1S/C21H23Cl4N3O4S/c1-4-26-21(30)13(2)27(11-14-8-9-15(22)17(24)10-14)19(29)12-28(33(3,31)32)18-7-5-6-16(23)20(18)25/h5-10,13H,4,11-12H2,1-3H3,(H,26,30)/t13-/m0/s1. The van der Waals surface area contributed by atoms with E-state index in [1.54, 1.807) is 32.0 Å². The molecule has 12 heteroatoms. The molecule has 2 aromatic rings. The lowest BCUT2D eigenvalue weighted by atomic mass is 10.1. The topological polar surface area (TPSA) is 86.8 Å². The molecule has 0 aliphatic heterocycles. The van der Waals surface area contributed by atoms with Gasteiger partial charge in [0.1, 0.15) is 12.6 Å². The predicted octanol–water partition coefficient (Wildman–Crippen LogP) is 4.62. The highest BCUT2D eigenvalue weighted by Crippen LogP contribution is 2.34. The molecule has 0 unspecified atom stereocenters. The van der Waals surface area contributed by atoms with E-state index in [9.17, 15) is 18.0 Å². The van der Waals surface area contributed by atoms with Gasteiger partial charge in [-0.2, -0.15) is 0 Å². The maximum atomic E-state index is 13.4. The Balaban J connectivity index is 2.45. The number of nitrogens with one attached hydrogen (secondary N) is 1. The quantitative estimate of drug-likeness (QED) is 0.490. The van der Waals surface area contributed by atoms with Gasteiger partial charge in [0.15, 0.2) is 0 Å². The van der Waals surface area contributed by atoms with Crippen molar-refractivity contribution in [1.29, 1.82) is 0 Å². The minimum Gasteiger partial charge on any atom is -0.355 e. The fourth-order valence-corrected chi connectivity index (χ4v) is 4.64. The first-order valence-corrected chi connectivity index (χ1v) is 13.2. The van der Waals surface area contributed by atoms with Crippen molar-refractivity contribution in [1.82, 2.24) is 10.2 Å². The number of benzene rings is 2. The van der Waals surface area contributed by atoms with Crippen molar-refractivity contribution >= 4 is 73.9 Å². The predicted molar refractivity (Wildman–Crippen MR) is 134 cm³/mol. The van der Waals surface area contributed by atoms with Crippen molar-refractivity contribution in [3.05, 3.63) is 62.1 Å². The summed E-state index contributed by atoms with van der Waals surface area (Å²) in [5.41, 5.74) is 0.667. The van der Waals surface area contributed by atoms with E-state index in [1.165, 1.54) is 23.1 Å². The molecule has 180 valence electrons. The van der Waals surface area contributed by atoms with E-state index in [1.807, 2.05) is 0 Å². The van der Waals surface area contributed by atoms with Crippen molar-refractivity contribution in [2.24, 2.45) is 0 Å². The number of anilines is 1. The van der Waals surface area contributed by atoms with Crippen LogP contribution in [0.4, 0.5) is 5.69 Å². The van der Waals surface area contributed by atoms with Gasteiger partial charge in [-0.15, -0.1) is 0 Å². The molecule has 0 bridgehead atoms. The van der Waals surface area contributed by atoms with Crippen LogP contribution in [0.5, 0.6) is 0 Å². The Morgan fingerprint density at radius 2 is 1.70 bits per heavy atom. The number of hydrogen-bond acceptors (Lipinski definition) is 4. The maximum absolute atomic E-state index is 13.4. The molecule has 33 heavy (non-hydrogen) atoms. The highest BCUT2D eigenvalue weighted by molar-refractivity contribution is 7.92. The van der Waals surface area contributed by atoms with Gasteiger partial charge in [0.05, 0.1) is 32.0 Å². The molecule has 0 aliphatic carbocycles. The minimum atomic E-state index is -3.92. The smallest absolute Gasteiger partial charge is 0.244 e.